The van der Waals surface area contributed by atoms with Crippen LogP contribution in [0.3, 0.4) is 0 Å². The zero-order chi connectivity index (χ0) is 34.4. The minimum atomic E-state index is -0.934. The molecule has 0 radical (unpaired) electrons. The Labute approximate surface area is 293 Å². The van der Waals surface area contributed by atoms with Crippen LogP contribution >= 0.6 is 22.9 Å². The van der Waals surface area contributed by atoms with E-state index in [2.05, 4.69) is 29.9 Å². The predicted molar refractivity (Wildman–Crippen MR) is 182 cm³/mol. The number of benzene rings is 2. The summed E-state index contributed by atoms with van der Waals surface area (Å²) in [6.45, 7) is 3.73. The molecular formula is C33H32ClF3N10O2S. The van der Waals surface area contributed by atoms with Crippen LogP contribution in [0.15, 0.2) is 30.9 Å². The number of alkyl halides is 1. The Balaban J connectivity index is 1.07. The lowest BCUT2D eigenvalue weighted by Gasteiger charge is -2.53. The van der Waals surface area contributed by atoms with Crippen LogP contribution in [-0.2, 0) is 0 Å². The van der Waals surface area contributed by atoms with Gasteiger partial charge < -0.3 is 20.3 Å². The van der Waals surface area contributed by atoms with Crippen molar-refractivity contribution in [3.8, 4) is 17.1 Å². The lowest BCUT2D eigenvalue weighted by atomic mass is 9.72. The summed E-state index contributed by atoms with van der Waals surface area (Å²) in [6, 6.07) is 4.09. The van der Waals surface area contributed by atoms with Crippen molar-refractivity contribution in [1.29, 1.82) is 0 Å². The summed E-state index contributed by atoms with van der Waals surface area (Å²) >= 11 is 7.82. The van der Waals surface area contributed by atoms with Crippen molar-refractivity contribution in [2.75, 3.05) is 56.5 Å². The third-order valence-corrected chi connectivity index (χ3v) is 12.1. The average Bonchev–Trinajstić information content (AvgIpc) is 3.88. The molecule has 4 aliphatic rings. The number of carbonyl (C=O) groups excluding carboxylic acids is 1. The van der Waals surface area contributed by atoms with Crippen LogP contribution in [0.2, 0.25) is 5.02 Å². The van der Waals surface area contributed by atoms with Gasteiger partial charge in [0, 0.05) is 61.1 Å². The minimum absolute atomic E-state index is 0.00539. The summed E-state index contributed by atoms with van der Waals surface area (Å²) in [5.74, 6) is -0.765. The van der Waals surface area contributed by atoms with Crippen molar-refractivity contribution in [2.24, 2.45) is 5.41 Å². The molecule has 9 rings (SSSR count). The number of amides is 1. The second-order valence-corrected chi connectivity index (χ2v) is 15.4. The summed E-state index contributed by atoms with van der Waals surface area (Å²) in [5, 5.41) is 4.59. The lowest BCUT2D eigenvalue weighted by Crippen LogP contribution is -2.62. The number of aromatic nitrogens is 6. The number of rotatable bonds is 5. The Hall–Kier alpha value is -4.28. The second kappa shape index (κ2) is 11.6. The highest BCUT2D eigenvalue weighted by molar-refractivity contribution is 7.22. The summed E-state index contributed by atoms with van der Waals surface area (Å²) in [4.78, 5) is 36.3. The van der Waals surface area contributed by atoms with E-state index in [1.165, 1.54) is 29.5 Å². The molecule has 0 aliphatic carbocycles. The average molecular weight is 725 g/mol. The summed E-state index contributed by atoms with van der Waals surface area (Å²) < 4.78 is 53.8. The third kappa shape index (κ3) is 5.05. The molecule has 50 heavy (non-hydrogen) atoms. The van der Waals surface area contributed by atoms with Gasteiger partial charge in [-0.25, -0.2) is 27.9 Å². The van der Waals surface area contributed by atoms with Gasteiger partial charge in [0.05, 0.1) is 20.8 Å². The van der Waals surface area contributed by atoms with Crippen molar-refractivity contribution >= 4 is 61.0 Å². The van der Waals surface area contributed by atoms with Crippen LogP contribution < -0.4 is 15.4 Å². The maximum Gasteiger partial charge on any atom is 0.346 e. The van der Waals surface area contributed by atoms with Crippen molar-refractivity contribution in [2.45, 2.75) is 43.8 Å². The second-order valence-electron chi connectivity index (χ2n) is 13.9. The van der Waals surface area contributed by atoms with Crippen molar-refractivity contribution in [1.82, 2.24) is 39.5 Å². The van der Waals surface area contributed by atoms with E-state index in [4.69, 9.17) is 27.1 Å². The van der Waals surface area contributed by atoms with Gasteiger partial charge in [0.1, 0.15) is 42.6 Å². The van der Waals surface area contributed by atoms with E-state index in [-0.39, 0.29) is 61.1 Å². The van der Waals surface area contributed by atoms with Gasteiger partial charge in [0.15, 0.2) is 10.9 Å². The van der Waals surface area contributed by atoms with Gasteiger partial charge in [0.25, 0.3) is 0 Å². The number of halogens is 4. The standard InChI is InChI=1S/C33H32ClF3N10O2S/c34-21-10-20-25(24(37)23(21)19-2-3-22(36)27-26(19)41-29(38)50-27)42-30(49-15-33-4-1-7-46(33)12-18(35)11-33)43-28(20)44-8-5-32(6-9-44)13-45(14-32)31(48)47-17-39-16-40-47/h2-3,10,16-18H,1,4-9,11-15H2,(H2,38,41)/t18-,33+/m1/s1. The summed E-state index contributed by atoms with van der Waals surface area (Å²) in [6.07, 6.45) is 5.45. The third-order valence-electron chi connectivity index (χ3n) is 10.9. The fraction of sp³-hybridized carbons (Fsp3) is 0.455. The Morgan fingerprint density at radius 1 is 1.10 bits per heavy atom. The van der Waals surface area contributed by atoms with E-state index in [1.807, 2.05) is 0 Å². The molecule has 5 aromatic rings. The molecule has 0 unspecified atom stereocenters. The van der Waals surface area contributed by atoms with E-state index in [1.54, 1.807) is 11.0 Å². The number of thiazole rings is 1. The molecule has 7 heterocycles. The fourth-order valence-corrected chi connectivity index (χ4v) is 9.47. The zero-order valence-electron chi connectivity index (χ0n) is 26.8. The van der Waals surface area contributed by atoms with Gasteiger partial charge in [-0.2, -0.15) is 19.7 Å². The monoisotopic (exact) mass is 724 g/mol. The Morgan fingerprint density at radius 2 is 1.92 bits per heavy atom. The number of likely N-dealkylation sites (tertiary alicyclic amines) is 1. The highest BCUT2D eigenvalue weighted by atomic mass is 35.5. The maximum atomic E-state index is 16.9. The van der Waals surface area contributed by atoms with Crippen LogP contribution in [-0.4, -0.2) is 103 Å². The first-order valence-corrected chi connectivity index (χ1v) is 17.8. The van der Waals surface area contributed by atoms with Crippen LogP contribution in [0.5, 0.6) is 6.01 Å². The first kappa shape index (κ1) is 31.7. The van der Waals surface area contributed by atoms with Gasteiger partial charge in [-0.1, -0.05) is 22.9 Å². The molecule has 1 amide bonds. The van der Waals surface area contributed by atoms with E-state index >= 15 is 4.39 Å². The Bertz CT molecular complexity index is 2150. The van der Waals surface area contributed by atoms with Crippen LogP contribution in [0.4, 0.5) is 28.9 Å². The van der Waals surface area contributed by atoms with Gasteiger partial charge in [-0.3, -0.25) is 4.90 Å². The quantitative estimate of drug-likeness (QED) is 0.247. The van der Waals surface area contributed by atoms with Gasteiger partial charge in [-0.05, 0) is 50.4 Å². The van der Waals surface area contributed by atoms with Crippen molar-refractivity contribution in [3.05, 3.63) is 47.5 Å². The number of nitrogens with two attached hydrogens (primary N) is 1. The summed E-state index contributed by atoms with van der Waals surface area (Å²) in [5.41, 5.74) is 5.93. The first-order chi connectivity index (χ1) is 24.1. The van der Waals surface area contributed by atoms with Crippen LogP contribution in [0, 0.1) is 17.0 Å². The number of ether oxygens (including phenoxy) is 1. The number of hydrogen-bond acceptors (Lipinski definition) is 11. The topological polar surface area (TPSA) is 131 Å². The van der Waals surface area contributed by atoms with Crippen LogP contribution in [0.1, 0.15) is 32.1 Å². The molecule has 4 saturated heterocycles. The number of carbonyl (C=O) groups is 1. The first-order valence-electron chi connectivity index (χ1n) is 16.6. The Morgan fingerprint density at radius 3 is 2.70 bits per heavy atom. The number of nitrogens with zero attached hydrogens (tertiary/aromatic N) is 9. The van der Waals surface area contributed by atoms with Gasteiger partial charge in [0.2, 0.25) is 0 Å². The zero-order valence-corrected chi connectivity index (χ0v) is 28.4. The van der Waals surface area contributed by atoms with Crippen molar-refractivity contribution in [3.63, 3.8) is 0 Å². The number of nitrogen functional groups attached to an aromatic ring is 1. The molecule has 0 saturated carbocycles. The fourth-order valence-electron chi connectivity index (χ4n) is 8.41. The van der Waals surface area contributed by atoms with E-state index in [0.29, 0.717) is 50.3 Å². The highest BCUT2D eigenvalue weighted by Gasteiger charge is 2.50. The molecule has 2 aromatic carbocycles. The van der Waals surface area contributed by atoms with E-state index < -0.39 is 23.3 Å². The Kier molecular flexibility index (Phi) is 7.37. The molecule has 2 N–H and O–H groups in total. The number of fused-ring (bicyclic) bond motifs is 3. The van der Waals surface area contributed by atoms with Gasteiger partial charge in [-0.15, -0.1) is 0 Å². The molecule has 2 atom stereocenters. The normalized spacial score (nSPS) is 23.2. The van der Waals surface area contributed by atoms with E-state index in [9.17, 15) is 13.6 Å². The molecule has 4 fully saturated rings. The molecular weight excluding hydrogens is 693 g/mol. The predicted octanol–water partition coefficient (Wildman–Crippen LogP) is 5.54. The largest absolute Gasteiger partial charge is 0.461 e. The highest BCUT2D eigenvalue weighted by Crippen LogP contribution is 2.46. The lowest BCUT2D eigenvalue weighted by molar-refractivity contribution is 0.0107. The molecule has 17 heteroatoms. The summed E-state index contributed by atoms with van der Waals surface area (Å²) in [7, 11) is 0. The molecule has 12 nitrogen and oxygen atoms in total. The SMILES string of the molecule is Nc1nc2c(-c3c(Cl)cc4c(N5CCC6(CC5)CN(C(=O)n5cncn5)C6)nc(OC[C@@]56CCCN5C[C@H](F)C6)nc4c3F)ccc(F)c2s1. The van der Waals surface area contributed by atoms with Crippen molar-refractivity contribution < 1.29 is 22.7 Å². The minimum Gasteiger partial charge on any atom is -0.461 e. The molecule has 3 aromatic heterocycles. The number of anilines is 2. The molecule has 1 spiro atoms. The van der Waals surface area contributed by atoms with Gasteiger partial charge >= 0.3 is 12.0 Å². The number of hydrogen-bond donors (Lipinski definition) is 1. The molecule has 0 bridgehead atoms. The van der Waals surface area contributed by atoms with E-state index in [0.717, 1.165) is 43.6 Å². The number of piperidine rings is 1. The van der Waals surface area contributed by atoms with Crippen LogP contribution in [0.25, 0.3) is 32.2 Å². The smallest absolute Gasteiger partial charge is 0.346 e. The maximum absolute atomic E-state index is 16.9. The molecule has 260 valence electrons. The molecule has 4 aliphatic heterocycles.